The highest BCUT2D eigenvalue weighted by Gasteiger charge is 2.13. The normalized spacial score (nSPS) is 10.8. The molecule has 1 amide bonds. The maximum absolute atomic E-state index is 11.6. The number of nitrogens with zero attached hydrogens (tertiary/aromatic N) is 3. The smallest absolute Gasteiger partial charge is 0.265 e. The van der Waals surface area contributed by atoms with Gasteiger partial charge in [-0.25, -0.2) is 10.1 Å². The molecule has 6 nitrogen and oxygen atoms in total. The number of hydrogen-bond acceptors (Lipinski definition) is 5. The fraction of sp³-hybridized carbons (Fsp3) is 0.0909. The first-order valence-corrected chi connectivity index (χ1v) is 5.84. The summed E-state index contributed by atoms with van der Waals surface area (Å²) in [5, 5.41) is 10.8. The third-order valence-corrected chi connectivity index (χ3v) is 2.65. The maximum Gasteiger partial charge on any atom is 0.295 e. The minimum atomic E-state index is -0.456. The molecule has 0 spiro atoms. The first-order valence-electron chi connectivity index (χ1n) is 5.05. The van der Waals surface area contributed by atoms with Gasteiger partial charge in [0.2, 0.25) is 0 Å². The summed E-state index contributed by atoms with van der Waals surface area (Å²) in [6.45, 7) is 1.63. The Balaban J connectivity index is 1.98. The second-order valence-electron chi connectivity index (χ2n) is 3.45. The fourth-order valence-corrected chi connectivity index (χ4v) is 1.47. The lowest BCUT2D eigenvalue weighted by Gasteiger charge is -1.95. The predicted molar refractivity (Wildman–Crippen MR) is 68.2 cm³/mol. The first-order chi connectivity index (χ1) is 8.66. The Labute approximate surface area is 111 Å². The SMILES string of the molecule is Cc1nonc1C(=O)N/N=C/c1ccc(Br)cc1. The van der Waals surface area contributed by atoms with Gasteiger partial charge in [0, 0.05) is 4.47 Å². The second-order valence-corrected chi connectivity index (χ2v) is 4.36. The molecule has 0 saturated carbocycles. The van der Waals surface area contributed by atoms with Crippen LogP contribution in [0.1, 0.15) is 21.7 Å². The number of carbonyl (C=O) groups excluding carboxylic acids is 1. The zero-order valence-electron chi connectivity index (χ0n) is 9.42. The van der Waals surface area contributed by atoms with E-state index in [1.807, 2.05) is 24.3 Å². The van der Waals surface area contributed by atoms with Crippen molar-refractivity contribution in [2.24, 2.45) is 5.10 Å². The van der Waals surface area contributed by atoms with Crippen LogP contribution in [-0.2, 0) is 0 Å². The number of hydrogen-bond donors (Lipinski definition) is 1. The molecule has 0 bridgehead atoms. The zero-order valence-corrected chi connectivity index (χ0v) is 11.0. The predicted octanol–water partition coefficient (Wildman–Crippen LogP) is 1.90. The molecule has 2 aromatic rings. The third kappa shape index (κ3) is 3.01. The second kappa shape index (κ2) is 5.54. The van der Waals surface area contributed by atoms with E-state index >= 15 is 0 Å². The number of carbonyl (C=O) groups is 1. The highest BCUT2D eigenvalue weighted by atomic mass is 79.9. The van der Waals surface area contributed by atoms with Gasteiger partial charge in [-0.2, -0.15) is 5.10 Å². The van der Waals surface area contributed by atoms with Crippen LogP contribution in [0.5, 0.6) is 0 Å². The summed E-state index contributed by atoms with van der Waals surface area (Å²) in [6, 6.07) is 7.50. The summed E-state index contributed by atoms with van der Waals surface area (Å²) in [5.74, 6) is -0.456. The molecule has 7 heteroatoms. The molecular weight excluding hydrogens is 300 g/mol. The summed E-state index contributed by atoms with van der Waals surface area (Å²) >= 11 is 3.33. The molecule has 0 fully saturated rings. The van der Waals surface area contributed by atoms with Crippen LogP contribution in [0.2, 0.25) is 0 Å². The summed E-state index contributed by atoms with van der Waals surface area (Å²) in [5.41, 5.74) is 3.76. The van der Waals surface area contributed by atoms with Crippen LogP contribution >= 0.6 is 15.9 Å². The lowest BCUT2D eigenvalue weighted by molar-refractivity contribution is 0.0945. The minimum Gasteiger partial charge on any atom is -0.265 e. The van der Waals surface area contributed by atoms with E-state index < -0.39 is 5.91 Å². The summed E-state index contributed by atoms with van der Waals surface area (Å²) in [7, 11) is 0. The van der Waals surface area contributed by atoms with Crippen LogP contribution in [0.25, 0.3) is 0 Å². The monoisotopic (exact) mass is 308 g/mol. The van der Waals surface area contributed by atoms with E-state index in [2.05, 4.69) is 41.4 Å². The summed E-state index contributed by atoms with van der Waals surface area (Å²) < 4.78 is 5.41. The van der Waals surface area contributed by atoms with Gasteiger partial charge >= 0.3 is 0 Å². The van der Waals surface area contributed by atoms with Gasteiger partial charge in [0.15, 0.2) is 5.69 Å². The molecule has 18 heavy (non-hydrogen) atoms. The van der Waals surface area contributed by atoms with Crippen molar-refractivity contribution in [1.82, 2.24) is 15.7 Å². The summed E-state index contributed by atoms with van der Waals surface area (Å²) in [6.07, 6.45) is 1.53. The summed E-state index contributed by atoms with van der Waals surface area (Å²) in [4.78, 5) is 11.6. The van der Waals surface area contributed by atoms with Gasteiger partial charge in [-0.05, 0) is 29.8 Å². The quantitative estimate of drug-likeness (QED) is 0.693. The van der Waals surface area contributed by atoms with Gasteiger partial charge in [-0.3, -0.25) is 4.79 Å². The molecule has 0 unspecified atom stereocenters. The van der Waals surface area contributed by atoms with E-state index in [0.29, 0.717) is 5.69 Å². The van der Waals surface area contributed by atoms with Crippen molar-refractivity contribution < 1.29 is 9.42 Å². The highest BCUT2D eigenvalue weighted by molar-refractivity contribution is 9.10. The van der Waals surface area contributed by atoms with Crippen molar-refractivity contribution in [2.45, 2.75) is 6.92 Å². The average Bonchev–Trinajstić information content (AvgIpc) is 2.78. The lowest BCUT2D eigenvalue weighted by Crippen LogP contribution is -2.19. The van der Waals surface area contributed by atoms with Crippen LogP contribution < -0.4 is 5.43 Å². The highest BCUT2D eigenvalue weighted by Crippen LogP contribution is 2.08. The van der Waals surface area contributed by atoms with Gasteiger partial charge in [0.1, 0.15) is 5.69 Å². The topological polar surface area (TPSA) is 80.4 Å². The molecule has 0 aliphatic rings. The van der Waals surface area contributed by atoms with E-state index in [1.165, 1.54) is 6.21 Å². The van der Waals surface area contributed by atoms with Gasteiger partial charge in [-0.15, -0.1) is 0 Å². The number of benzene rings is 1. The molecule has 1 heterocycles. The Morgan fingerprint density at radius 3 is 2.72 bits per heavy atom. The van der Waals surface area contributed by atoms with Crippen molar-refractivity contribution >= 4 is 28.1 Å². The Kier molecular flexibility index (Phi) is 3.83. The standard InChI is InChI=1S/C11H9BrN4O2/c1-7-10(16-18-15-7)11(17)14-13-6-8-2-4-9(12)5-3-8/h2-6H,1H3,(H,14,17)/b13-6+. The Hall–Kier alpha value is -2.02. The number of aryl methyl sites for hydroxylation is 1. The van der Waals surface area contributed by atoms with Gasteiger partial charge in [-0.1, -0.05) is 33.2 Å². The Morgan fingerprint density at radius 1 is 1.39 bits per heavy atom. The molecule has 0 aliphatic carbocycles. The number of aromatic nitrogens is 2. The lowest BCUT2D eigenvalue weighted by atomic mass is 10.2. The van der Waals surface area contributed by atoms with Gasteiger partial charge in [0.05, 0.1) is 6.21 Å². The number of rotatable bonds is 3. The van der Waals surface area contributed by atoms with Crippen molar-refractivity contribution in [1.29, 1.82) is 0 Å². The maximum atomic E-state index is 11.6. The molecule has 1 aromatic heterocycles. The van der Waals surface area contributed by atoms with Crippen LogP contribution in [-0.4, -0.2) is 22.4 Å². The molecule has 1 aromatic carbocycles. The van der Waals surface area contributed by atoms with E-state index in [9.17, 15) is 4.79 Å². The minimum absolute atomic E-state index is 0.128. The first kappa shape index (κ1) is 12.4. The van der Waals surface area contributed by atoms with E-state index in [-0.39, 0.29) is 5.69 Å². The Bertz CT molecular complexity index is 577. The van der Waals surface area contributed by atoms with Crippen LogP contribution in [0.3, 0.4) is 0 Å². The number of nitrogens with one attached hydrogen (secondary N) is 1. The van der Waals surface area contributed by atoms with Crippen molar-refractivity contribution in [3.8, 4) is 0 Å². The molecule has 92 valence electrons. The molecule has 1 N–H and O–H groups in total. The molecule has 0 saturated heterocycles. The molecule has 0 radical (unpaired) electrons. The van der Waals surface area contributed by atoms with Crippen molar-refractivity contribution in [3.63, 3.8) is 0 Å². The fourth-order valence-electron chi connectivity index (χ4n) is 1.20. The molecule has 2 rings (SSSR count). The van der Waals surface area contributed by atoms with Crippen molar-refractivity contribution in [3.05, 3.63) is 45.7 Å². The van der Waals surface area contributed by atoms with E-state index in [4.69, 9.17) is 0 Å². The van der Waals surface area contributed by atoms with Crippen LogP contribution in [0.4, 0.5) is 0 Å². The zero-order chi connectivity index (χ0) is 13.0. The molecular formula is C11H9BrN4O2. The number of hydrazone groups is 1. The van der Waals surface area contributed by atoms with Crippen LogP contribution in [0, 0.1) is 6.92 Å². The van der Waals surface area contributed by atoms with Crippen LogP contribution in [0.15, 0.2) is 38.5 Å². The Morgan fingerprint density at radius 2 is 2.11 bits per heavy atom. The van der Waals surface area contributed by atoms with Gasteiger partial charge < -0.3 is 0 Å². The average molecular weight is 309 g/mol. The molecule has 0 aliphatic heterocycles. The van der Waals surface area contributed by atoms with Gasteiger partial charge in [0.25, 0.3) is 5.91 Å². The third-order valence-electron chi connectivity index (χ3n) is 2.12. The number of amides is 1. The van der Waals surface area contributed by atoms with E-state index in [0.717, 1.165) is 10.0 Å². The molecule has 0 atom stereocenters. The van der Waals surface area contributed by atoms with E-state index in [1.54, 1.807) is 6.92 Å². The van der Waals surface area contributed by atoms with Crippen molar-refractivity contribution in [2.75, 3.05) is 0 Å². The number of halogens is 1. The largest absolute Gasteiger partial charge is 0.295 e.